The Kier molecular flexibility index (Phi) is 6.12. The van der Waals surface area contributed by atoms with E-state index in [9.17, 15) is 5.26 Å². The number of furan rings is 1. The lowest BCUT2D eigenvalue weighted by atomic mass is 9.91. The van der Waals surface area contributed by atoms with Gasteiger partial charge in [-0.2, -0.15) is 5.26 Å². The zero-order valence-corrected chi connectivity index (χ0v) is 25.1. The van der Waals surface area contributed by atoms with Crippen molar-refractivity contribution in [3.05, 3.63) is 152 Å². The minimum atomic E-state index is 0.641. The highest BCUT2D eigenvalue weighted by Gasteiger charge is 2.18. The number of hydrogen-bond acceptors (Lipinski definition) is 5. The van der Waals surface area contributed by atoms with Crippen molar-refractivity contribution in [3.8, 4) is 50.8 Å². The average Bonchev–Trinajstić information content (AvgIpc) is 3.55. The summed E-state index contributed by atoms with van der Waals surface area (Å²) < 4.78 is 6.66. The van der Waals surface area contributed by atoms with Crippen LogP contribution in [0.2, 0.25) is 0 Å². The molecule has 9 aromatic rings. The summed E-state index contributed by atoms with van der Waals surface area (Å²) in [4.78, 5) is 13.7. The molecular weight excluding hydrogens is 576 g/mol. The molecule has 218 valence electrons. The number of hydrogen-bond donors (Lipinski definition) is 0. The lowest BCUT2D eigenvalue weighted by Gasteiger charge is -2.13. The van der Waals surface area contributed by atoms with Crippen LogP contribution in [0.25, 0.3) is 88.3 Å². The van der Waals surface area contributed by atoms with Crippen LogP contribution in [0.4, 0.5) is 0 Å². The minimum absolute atomic E-state index is 0.641. The van der Waals surface area contributed by atoms with E-state index in [1.807, 2.05) is 73.1 Å². The zero-order valence-electron chi connectivity index (χ0n) is 25.1. The fourth-order valence-corrected chi connectivity index (χ4v) is 6.60. The highest BCUT2D eigenvalue weighted by Crippen LogP contribution is 2.43. The topological polar surface area (TPSA) is 75.6 Å². The second-order valence-corrected chi connectivity index (χ2v) is 11.6. The Bertz CT molecular complexity index is 2630. The van der Waals surface area contributed by atoms with Crippen LogP contribution in [0.3, 0.4) is 0 Å². The molecule has 4 aromatic heterocycles. The molecule has 0 aliphatic rings. The van der Waals surface area contributed by atoms with E-state index < -0.39 is 0 Å². The molecule has 0 unspecified atom stereocenters. The van der Waals surface area contributed by atoms with Gasteiger partial charge in [-0.05, 0) is 105 Å². The lowest BCUT2D eigenvalue weighted by Crippen LogP contribution is -1.92. The van der Waals surface area contributed by atoms with Crippen LogP contribution in [-0.4, -0.2) is 15.0 Å². The van der Waals surface area contributed by atoms with Gasteiger partial charge in [0, 0.05) is 52.1 Å². The molecule has 0 bridgehead atoms. The van der Waals surface area contributed by atoms with Crippen LogP contribution in [0.5, 0.6) is 0 Å². The minimum Gasteiger partial charge on any atom is -0.455 e. The summed E-state index contributed by atoms with van der Waals surface area (Å²) >= 11 is 0. The maximum Gasteiger partial charge on any atom is 0.143 e. The van der Waals surface area contributed by atoms with Crippen molar-refractivity contribution >= 4 is 43.5 Å². The number of nitriles is 1. The molecular formula is C42H24N4O. The first-order chi connectivity index (χ1) is 23.2. The second-order valence-electron chi connectivity index (χ2n) is 11.6. The first-order valence-electron chi connectivity index (χ1n) is 15.4. The molecule has 0 radical (unpaired) electrons. The Morgan fingerprint density at radius 2 is 1.13 bits per heavy atom. The molecule has 0 aliphatic heterocycles. The van der Waals surface area contributed by atoms with E-state index >= 15 is 0 Å². The highest BCUT2D eigenvalue weighted by atomic mass is 16.3. The van der Waals surface area contributed by atoms with E-state index in [4.69, 9.17) is 9.40 Å². The van der Waals surface area contributed by atoms with Gasteiger partial charge in [0.2, 0.25) is 0 Å². The van der Waals surface area contributed by atoms with Crippen LogP contribution in [-0.2, 0) is 0 Å². The molecule has 5 nitrogen and oxygen atoms in total. The molecule has 4 heterocycles. The second kappa shape index (κ2) is 10.8. The molecule has 47 heavy (non-hydrogen) atoms. The molecule has 0 aliphatic carbocycles. The first-order valence-corrected chi connectivity index (χ1v) is 15.4. The van der Waals surface area contributed by atoms with Gasteiger partial charge in [-0.3, -0.25) is 9.97 Å². The summed E-state index contributed by atoms with van der Waals surface area (Å²) in [6.07, 6.45) is 7.23. The quantitative estimate of drug-likeness (QED) is 0.188. The van der Waals surface area contributed by atoms with E-state index in [1.165, 1.54) is 0 Å². The van der Waals surface area contributed by atoms with Gasteiger partial charge in [0.15, 0.2) is 0 Å². The van der Waals surface area contributed by atoms with Gasteiger partial charge in [-0.15, -0.1) is 0 Å². The third-order valence-electron chi connectivity index (χ3n) is 8.84. The van der Waals surface area contributed by atoms with Crippen LogP contribution < -0.4 is 0 Å². The molecule has 0 saturated heterocycles. The summed E-state index contributed by atoms with van der Waals surface area (Å²) in [6.45, 7) is 0. The van der Waals surface area contributed by atoms with E-state index in [2.05, 4.69) is 76.7 Å². The van der Waals surface area contributed by atoms with Crippen LogP contribution in [0.1, 0.15) is 5.56 Å². The average molecular weight is 601 g/mol. The predicted octanol–water partition coefficient (Wildman–Crippen LogP) is 10.6. The van der Waals surface area contributed by atoms with E-state index in [0.29, 0.717) is 5.56 Å². The SMILES string of the molecule is N#Cc1cccc(-c2ccc3c4ccc(-c5cc(-c6cccnc6)nc(-c6cccnc6)c5)cc4c4oc5ccccc5c4c3c2)c1. The molecule has 5 heteroatoms. The molecule has 0 amide bonds. The lowest BCUT2D eigenvalue weighted by molar-refractivity contribution is 0.673. The smallest absolute Gasteiger partial charge is 0.143 e. The molecule has 9 rings (SSSR count). The number of pyridine rings is 3. The van der Waals surface area contributed by atoms with Crippen molar-refractivity contribution in [1.82, 2.24) is 15.0 Å². The molecule has 5 aromatic carbocycles. The molecule has 0 fully saturated rings. The van der Waals surface area contributed by atoms with Gasteiger partial charge in [0.05, 0.1) is 23.0 Å². The molecule has 0 N–H and O–H groups in total. The molecule has 0 atom stereocenters. The fourth-order valence-electron chi connectivity index (χ4n) is 6.60. The van der Waals surface area contributed by atoms with Crippen molar-refractivity contribution in [3.63, 3.8) is 0 Å². The normalized spacial score (nSPS) is 11.4. The fraction of sp³-hybridized carbons (Fsp3) is 0. The number of aromatic nitrogens is 3. The van der Waals surface area contributed by atoms with Crippen LogP contribution in [0.15, 0.2) is 151 Å². The van der Waals surface area contributed by atoms with Crippen LogP contribution >= 0.6 is 0 Å². The maximum atomic E-state index is 9.51. The van der Waals surface area contributed by atoms with E-state index in [-0.39, 0.29) is 0 Å². The number of nitrogens with zero attached hydrogens (tertiary/aromatic N) is 4. The van der Waals surface area contributed by atoms with Crippen molar-refractivity contribution in [2.45, 2.75) is 0 Å². The summed E-state index contributed by atoms with van der Waals surface area (Å²) in [5.74, 6) is 0. The first kappa shape index (κ1) is 26.7. The predicted molar refractivity (Wildman–Crippen MR) is 189 cm³/mol. The number of rotatable bonds is 4. The zero-order chi connectivity index (χ0) is 31.3. The van der Waals surface area contributed by atoms with Gasteiger partial charge < -0.3 is 4.42 Å². The third kappa shape index (κ3) is 4.51. The Morgan fingerprint density at radius 3 is 1.83 bits per heavy atom. The van der Waals surface area contributed by atoms with Crippen molar-refractivity contribution in [2.24, 2.45) is 0 Å². The largest absolute Gasteiger partial charge is 0.455 e. The Labute approximate surface area is 270 Å². The van der Waals surface area contributed by atoms with Gasteiger partial charge in [0.1, 0.15) is 11.2 Å². The van der Waals surface area contributed by atoms with Crippen LogP contribution in [0, 0.1) is 11.3 Å². The molecule has 0 spiro atoms. The van der Waals surface area contributed by atoms with Gasteiger partial charge in [-0.1, -0.05) is 54.6 Å². The monoisotopic (exact) mass is 600 g/mol. The summed E-state index contributed by atoms with van der Waals surface area (Å²) in [5, 5.41) is 16.1. The Hall–Kier alpha value is -6.64. The molecule has 0 saturated carbocycles. The number of benzene rings is 5. The van der Waals surface area contributed by atoms with Crippen molar-refractivity contribution in [2.75, 3.05) is 0 Å². The maximum absolute atomic E-state index is 9.51. The summed E-state index contributed by atoms with van der Waals surface area (Å²) in [5.41, 5.74) is 10.1. The number of fused-ring (bicyclic) bond motifs is 8. The van der Waals surface area contributed by atoms with E-state index in [0.717, 1.165) is 88.3 Å². The highest BCUT2D eigenvalue weighted by molar-refractivity contribution is 6.30. The third-order valence-corrected chi connectivity index (χ3v) is 8.84. The van der Waals surface area contributed by atoms with Crippen molar-refractivity contribution in [1.29, 1.82) is 5.26 Å². The van der Waals surface area contributed by atoms with Gasteiger partial charge >= 0.3 is 0 Å². The summed E-state index contributed by atoms with van der Waals surface area (Å²) in [6, 6.07) is 43.6. The van der Waals surface area contributed by atoms with Crippen molar-refractivity contribution < 1.29 is 4.42 Å². The Balaban J connectivity index is 1.31. The standard InChI is InChI=1S/C42H24N4O/c43-23-26-6-3-7-27(18-26)28-12-14-33-34-15-13-29(20-37(34)42-41(36(33)19-28)35-10-1-2-11-40(35)47-42)32-21-38(30-8-4-16-44-24-30)46-39(22-32)31-9-5-17-45-25-31/h1-22,24-25H. The van der Waals surface area contributed by atoms with Gasteiger partial charge in [-0.25, -0.2) is 4.98 Å². The summed E-state index contributed by atoms with van der Waals surface area (Å²) in [7, 11) is 0. The van der Waals surface area contributed by atoms with E-state index in [1.54, 1.807) is 12.4 Å². The Morgan fingerprint density at radius 1 is 0.489 bits per heavy atom. The van der Waals surface area contributed by atoms with Gasteiger partial charge in [0.25, 0.3) is 0 Å². The number of para-hydroxylation sites is 1.